The van der Waals surface area contributed by atoms with Gasteiger partial charge in [-0.05, 0) is 56.1 Å². The highest BCUT2D eigenvalue weighted by molar-refractivity contribution is 5.14. The summed E-state index contributed by atoms with van der Waals surface area (Å²) in [6.45, 7) is 3.03. The molecule has 0 amide bonds. The highest BCUT2D eigenvalue weighted by atomic mass is 16.3. The van der Waals surface area contributed by atoms with E-state index >= 15 is 0 Å². The lowest BCUT2D eigenvalue weighted by atomic mass is 10.1. The predicted octanol–water partition coefficient (Wildman–Crippen LogP) is 2.87. The molecule has 0 saturated heterocycles. The van der Waals surface area contributed by atoms with Gasteiger partial charge in [0.05, 0.1) is 12.8 Å². The van der Waals surface area contributed by atoms with Gasteiger partial charge in [-0.3, -0.25) is 0 Å². The van der Waals surface area contributed by atoms with Gasteiger partial charge in [0, 0.05) is 6.04 Å². The maximum atomic E-state index is 5.45. The van der Waals surface area contributed by atoms with Crippen molar-refractivity contribution in [1.29, 1.82) is 0 Å². The van der Waals surface area contributed by atoms with E-state index in [9.17, 15) is 0 Å². The topological polar surface area (TPSA) is 25.2 Å². The number of hydrogen-bond donors (Lipinski definition) is 1. The minimum absolute atomic E-state index is 0.773. The van der Waals surface area contributed by atoms with Crippen molar-refractivity contribution in [3.05, 3.63) is 23.7 Å². The van der Waals surface area contributed by atoms with Crippen molar-refractivity contribution in [3.63, 3.8) is 0 Å². The van der Waals surface area contributed by atoms with Crippen LogP contribution in [0.1, 0.15) is 37.0 Å². The fraction of sp³-hybridized carbons (Fsp3) is 0.692. The van der Waals surface area contributed by atoms with Crippen LogP contribution in [0.3, 0.4) is 0 Å². The van der Waals surface area contributed by atoms with Crippen molar-refractivity contribution in [3.8, 4) is 0 Å². The highest BCUT2D eigenvalue weighted by Crippen LogP contribution is 2.44. The van der Waals surface area contributed by atoms with Crippen LogP contribution in [-0.4, -0.2) is 6.04 Å². The number of furan rings is 1. The van der Waals surface area contributed by atoms with Crippen LogP contribution in [-0.2, 0) is 6.54 Å². The molecule has 1 N–H and O–H groups in total. The van der Waals surface area contributed by atoms with Crippen LogP contribution in [0, 0.1) is 18.8 Å². The summed E-state index contributed by atoms with van der Waals surface area (Å²) in [6, 6.07) is 2.81. The van der Waals surface area contributed by atoms with E-state index in [1.54, 1.807) is 6.26 Å². The summed E-state index contributed by atoms with van der Waals surface area (Å²) in [6.07, 6.45) is 7.53. The van der Waals surface area contributed by atoms with Crippen molar-refractivity contribution in [2.24, 2.45) is 11.8 Å². The third-order valence-corrected chi connectivity index (χ3v) is 3.73. The van der Waals surface area contributed by atoms with Crippen LogP contribution in [0.4, 0.5) is 0 Å². The van der Waals surface area contributed by atoms with Gasteiger partial charge >= 0.3 is 0 Å². The standard InChI is InChI=1S/C13H19NO/c1-9-6-7-15-12(9)8-14-13(10-2-3-10)11-4-5-11/h6-7,10-11,13-14H,2-5,8H2,1H3. The second kappa shape index (κ2) is 3.67. The molecule has 82 valence electrons. The third-order valence-electron chi connectivity index (χ3n) is 3.73. The van der Waals surface area contributed by atoms with Gasteiger partial charge in [-0.15, -0.1) is 0 Å². The van der Waals surface area contributed by atoms with E-state index in [1.165, 1.54) is 31.2 Å². The molecule has 0 radical (unpaired) electrons. The lowest BCUT2D eigenvalue weighted by Crippen LogP contribution is -2.32. The van der Waals surface area contributed by atoms with Gasteiger partial charge in [0.1, 0.15) is 5.76 Å². The van der Waals surface area contributed by atoms with E-state index in [0.717, 1.165) is 30.2 Å². The predicted molar refractivity (Wildman–Crippen MR) is 59.5 cm³/mol. The molecule has 2 heteroatoms. The van der Waals surface area contributed by atoms with Gasteiger partial charge in [-0.1, -0.05) is 0 Å². The molecular formula is C13H19NO. The van der Waals surface area contributed by atoms with Crippen molar-refractivity contribution >= 4 is 0 Å². The molecule has 2 fully saturated rings. The number of rotatable bonds is 5. The molecule has 0 spiro atoms. The molecule has 3 rings (SSSR count). The Morgan fingerprint density at radius 1 is 1.33 bits per heavy atom. The van der Waals surface area contributed by atoms with Gasteiger partial charge in [-0.2, -0.15) is 0 Å². The zero-order valence-electron chi connectivity index (χ0n) is 9.33. The molecule has 0 aromatic carbocycles. The molecule has 0 bridgehead atoms. The smallest absolute Gasteiger partial charge is 0.120 e. The Labute approximate surface area is 91.0 Å². The third kappa shape index (κ3) is 2.10. The van der Waals surface area contributed by atoms with Crippen molar-refractivity contribution in [2.45, 2.75) is 45.2 Å². The summed E-state index contributed by atoms with van der Waals surface area (Å²) < 4.78 is 5.45. The maximum Gasteiger partial charge on any atom is 0.120 e. The Kier molecular flexibility index (Phi) is 2.32. The van der Waals surface area contributed by atoms with E-state index in [2.05, 4.69) is 12.2 Å². The average molecular weight is 205 g/mol. The van der Waals surface area contributed by atoms with Crippen LogP contribution in [0.5, 0.6) is 0 Å². The highest BCUT2D eigenvalue weighted by Gasteiger charge is 2.41. The Hall–Kier alpha value is -0.760. The van der Waals surface area contributed by atoms with E-state index < -0.39 is 0 Å². The van der Waals surface area contributed by atoms with Crippen LogP contribution >= 0.6 is 0 Å². The van der Waals surface area contributed by atoms with Gasteiger partial charge in [0.2, 0.25) is 0 Å². The SMILES string of the molecule is Cc1ccoc1CNC(C1CC1)C1CC1. The molecule has 2 aliphatic rings. The zero-order chi connectivity index (χ0) is 10.3. The second-order valence-electron chi connectivity index (χ2n) is 5.11. The van der Waals surface area contributed by atoms with Crippen molar-refractivity contribution in [2.75, 3.05) is 0 Å². The molecule has 1 heterocycles. The Morgan fingerprint density at radius 2 is 2.00 bits per heavy atom. The van der Waals surface area contributed by atoms with Gasteiger partial charge < -0.3 is 9.73 Å². The van der Waals surface area contributed by atoms with E-state index in [-0.39, 0.29) is 0 Å². The first-order valence-electron chi connectivity index (χ1n) is 6.11. The minimum Gasteiger partial charge on any atom is -0.468 e. The summed E-state index contributed by atoms with van der Waals surface area (Å²) in [4.78, 5) is 0. The van der Waals surface area contributed by atoms with Crippen molar-refractivity contribution in [1.82, 2.24) is 5.32 Å². The molecule has 2 saturated carbocycles. The van der Waals surface area contributed by atoms with E-state index in [4.69, 9.17) is 4.42 Å². The van der Waals surface area contributed by atoms with Crippen molar-refractivity contribution < 1.29 is 4.42 Å². The molecule has 2 nitrogen and oxygen atoms in total. The van der Waals surface area contributed by atoms with Crippen LogP contribution in [0.25, 0.3) is 0 Å². The lowest BCUT2D eigenvalue weighted by molar-refractivity contribution is 0.386. The summed E-state index contributed by atoms with van der Waals surface area (Å²) in [7, 11) is 0. The van der Waals surface area contributed by atoms with Crippen LogP contribution in [0.15, 0.2) is 16.7 Å². The number of aryl methyl sites for hydroxylation is 1. The number of nitrogens with one attached hydrogen (secondary N) is 1. The molecule has 1 aromatic heterocycles. The molecule has 0 atom stereocenters. The Bertz CT molecular complexity index is 324. The first-order valence-corrected chi connectivity index (χ1v) is 6.11. The Morgan fingerprint density at radius 3 is 2.47 bits per heavy atom. The Balaban J connectivity index is 1.57. The van der Waals surface area contributed by atoms with Gasteiger partial charge in [0.15, 0.2) is 0 Å². The summed E-state index contributed by atoms with van der Waals surface area (Å²) in [5.41, 5.74) is 1.27. The molecule has 2 aliphatic carbocycles. The molecular weight excluding hydrogens is 186 g/mol. The van der Waals surface area contributed by atoms with Gasteiger partial charge in [0.25, 0.3) is 0 Å². The summed E-state index contributed by atoms with van der Waals surface area (Å²) in [5.74, 6) is 3.04. The number of hydrogen-bond acceptors (Lipinski definition) is 2. The molecule has 0 unspecified atom stereocenters. The summed E-state index contributed by atoms with van der Waals surface area (Å²) >= 11 is 0. The first-order chi connectivity index (χ1) is 7.34. The minimum atomic E-state index is 0.773. The average Bonchev–Trinajstić information content (AvgIpc) is 3.11. The monoisotopic (exact) mass is 205 g/mol. The first kappa shape index (κ1) is 9.46. The maximum absolute atomic E-state index is 5.45. The quantitative estimate of drug-likeness (QED) is 0.799. The molecule has 15 heavy (non-hydrogen) atoms. The van der Waals surface area contributed by atoms with E-state index in [1.807, 2.05) is 6.07 Å². The lowest BCUT2D eigenvalue weighted by Gasteiger charge is -2.16. The van der Waals surface area contributed by atoms with Crippen LogP contribution in [0.2, 0.25) is 0 Å². The largest absolute Gasteiger partial charge is 0.468 e. The van der Waals surface area contributed by atoms with Gasteiger partial charge in [-0.25, -0.2) is 0 Å². The zero-order valence-corrected chi connectivity index (χ0v) is 9.33. The fourth-order valence-electron chi connectivity index (χ4n) is 2.42. The van der Waals surface area contributed by atoms with E-state index in [0.29, 0.717) is 0 Å². The molecule has 1 aromatic rings. The summed E-state index contributed by atoms with van der Waals surface area (Å²) in [5, 5.41) is 3.69. The molecule has 0 aliphatic heterocycles. The van der Waals surface area contributed by atoms with Crippen LogP contribution < -0.4 is 5.32 Å². The fourth-order valence-corrected chi connectivity index (χ4v) is 2.42. The second-order valence-corrected chi connectivity index (χ2v) is 5.11. The normalized spacial score (nSPS) is 21.2.